The average molecular weight is 377 g/mol. The molecular formula is C22H20FN3S. The first kappa shape index (κ1) is 17.7. The van der Waals surface area contributed by atoms with E-state index in [2.05, 4.69) is 41.6 Å². The number of hydrogen-bond donors (Lipinski definition) is 0. The largest absolute Gasteiger partial charge is 0.313 e. The third-order valence-corrected chi connectivity index (χ3v) is 5.68. The minimum Gasteiger partial charge on any atom is -0.313 e. The van der Waals surface area contributed by atoms with Crippen molar-refractivity contribution in [2.75, 3.05) is 0 Å². The van der Waals surface area contributed by atoms with E-state index in [4.69, 9.17) is 4.98 Å². The second-order valence-corrected chi connectivity index (χ2v) is 7.63. The number of thioether (sulfide) groups is 1. The van der Waals surface area contributed by atoms with Crippen molar-refractivity contribution in [3.05, 3.63) is 89.0 Å². The summed E-state index contributed by atoms with van der Waals surface area (Å²) < 4.78 is 15.4. The summed E-state index contributed by atoms with van der Waals surface area (Å²) in [6.07, 6.45) is 3.64. The molecule has 0 aliphatic rings. The number of aromatic nitrogens is 3. The van der Waals surface area contributed by atoms with Crippen molar-refractivity contribution in [1.29, 1.82) is 0 Å². The molecule has 0 saturated carbocycles. The zero-order valence-corrected chi connectivity index (χ0v) is 16.1. The predicted molar refractivity (Wildman–Crippen MR) is 109 cm³/mol. The summed E-state index contributed by atoms with van der Waals surface area (Å²) in [7, 11) is 0. The molecule has 0 aliphatic heterocycles. The summed E-state index contributed by atoms with van der Waals surface area (Å²) in [6.45, 7) is 5.00. The third kappa shape index (κ3) is 3.88. The highest BCUT2D eigenvalue weighted by Gasteiger charge is 2.13. The van der Waals surface area contributed by atoms with Crippen LogP contribution < -0.4 is 0 Å². The van der Waals surface area contributed by atoms with E-state index in [0.717, 1.165) is 34.1 Å². The Kier molecular flexibility index (Phi) is 4.94. The zero-order chi connectivity index (χ0) is 18.8. The molecule has 0 amide bonds. The lowest BCUT2D eigenvalue weighted by atomic mass is 10.1. The molecule has 3 nitrogen and oxygen atoms in total. The Morgan fingerprint density at radius 1 is 1.04 bits per heavy atom. The van der Waals surface area contributed by atoms with Crippen LogP contribution in [0.1, 0.15) is 22.3 Å². The van der Waals surface area contributed by atoms with E-state index in [-0.39, 0.29) is 5.82 Å². The molecule has 0 radical (unpaired) electrons. The Bertz CT molecular complexity index is 1090. The molecule has 5 heteroatoms. The van der Waals surface area contributed by atoms with Crippen LogP contribution in [-0.2, 0) is 12.3 Å². The van der Waals surface area contributed by atoms with Gasteiger partial charge in [0.15, 0.2) is 5.16 Å². The van der Waals surface area contributed by atoms with Gasteiger partial charge < -0.3 is 4.57 Å². The average Bonchev–Trinajstić information content (AvgIpc) is 3.02. The maximum absolute atomic E-state index is 13.1. The topological polar surface area (TPSA) is 30.7 Å². The van der Waals surface area contributed by atoms with Gasteiger partial charge in [-0.05, 0) is 48.7 Å². The third-order valence-electron chi connectivity index (χ3n) is 4.63. The van der Waals surface area contributed by atoms with Crippen LogP contribution in [-0.4, -0.2) is 14.5 Å². The smallest absolute Gasteiger partial charge is 0.169 e. The minimum absolute atomic E-state index is 0.211. The standard InChI is InChI=1S/C22H20FN3S/c1-15-3-4-16(2)18(11-15)13-26-21-12-24-10-9-20(21)25-22(26)27-14-17-5-7-19(23)8-6-17/h3-12H,13-14H2,1-2H3. The summed E-state index contributed by atoms with van der Waals surface area (Å²) in [4.78, 5) is 9.09. The van der Waals surface area contributed by atoms with Gasteiger partial charge in [-0.2, -0.15) is 0 Å². The lowest BCUT2D eigenvalue weighted by Crippen LogP contribution is -2.04. The quantitative estimate of drug-likeness (QED) is 0.429. The van der Waals surface area contributed by atoms with Crippen molar-refractivity contribution >= 4 is 22.8 Å². The monoisotopic (exact) mass is 377 g/mol. The number of hydrogen-bond acceptors (Lipinski definition) is 3. The van der Waals surface area contributed by atoms with Crippen LogP contribution in [0.25, 0.3) is 11.0 Å². The summed E-state index contributed by atoms with van der Waals surface area (Å²) in [5, 5.41) is 0.947. The Labute approximate surface area is 162 Å². The molecular weight excluding hydrogens is 357 g/mol. The van der Waals surface area contributed by atoms with Crippen LogP contribution in [0.15, 0.2) is 66.1 Å². The van der Waals surface area contributed by atoms with Gasteiger partial charge in [0.25, 0.3) is 0 Å². The van der Waals surface area contributed by atoms with Gasteiger partial charge in [-0.1, -0.05) is 47.7 Å². The number of nitrogens with zero attached hydrogens (tertiary/aromatic N) is 3. The van der Waals surface area contributed by atoms with Crippen LogP contribution in [0.3, 0.4) is 0 Å². The van der Waals surface area contributed by atoms with Crippen molar-refractivity contribution in [1.82, 2.24) is 14.5 Å². The van der Waals surface area contributed by atoms with Gasteiger partial charge in [0, 0.05) is 11.9 Å². The Balaban J connectivity index is 1.68. The van der Waals surface area contributed by atoms with Crippen molar-refractivity contribution in [2.45, 2.75) is 31.3 Å². The van der Waals surface area contributed by atoms with E-state index in [1.165, 1.54) is 28.8 Å². The van der Waals surface area contributed by atoms with Crippen LogP contribution in [0, 0.1) is 19.7 Å². The SMILES string of the molecule is Cc1ccc(C)c(Cn2c(SCc3ccc(F)cc3)nc3ccncc32)c1. The molecule has 0 aliphatic carbocycles. The number of rotatable bonds is 5. The second-order valence-electron chi connectivity index (χ2n) is 6.69. The van der Waals surface area contributed by atoms with Gasteiger partial charge in [-0.25, -0.2) is 9.37 Å². The minimum atomic E-state index is -0.211. The number of halogens is 1. The van der Waals surface area contributed by atoms with Crippen molar-refractivity contribution in [3.63, 3.8) is 0 Å². The summed E-state index contributed by atoms with van der Waals surface area (Å²) in [5.41, 5.74) is 6.84. The summed E-state index contributed by atoms with van der Waals surface area (Å²) in [6, 6.07) is 15.1. The van der Waals surface area contributed by atoms with E-state index in [9.17, 15) is 4.39 Å². The van der Waals surface area contributed by atoms with Gasteiger partial charge in [-0.15, -0.1) is 0 Å². The molecule has 0 atom stereocenters. The van der Waals surface area contributed by atoms with E-state index in [1.54, 1.807) is 18.0 Å². The zero-order valence-electron chi connectivity index (χ0n) is 15.3. The van der Waals surface area contributed by atoms with Crippen LogP contribution in [0.4, 0.5) is 4.39 Å². The highest BCUT2D eigenvalue weighted by Crippen LogP contribution is 2.28. The van der Waals surface area contributed by atoms with Crippen LogP contribution >= 0.6 is 11.8 Å². The van der Waals surface area contributed by atoms with Crippen LogP contribution in [0.5, 0.6) is 0 Å². The molecule has 0 saturated heterocycles. The van der Waals surface area contributed by atoms with E-state index >= 15 is 0 Å². The molecule has 2 aromatic heterocycles. The summed E-state index contributed by atoms with van der Waals surface area (Å²) >= 11 is 1.66. The van der Waals surface area contributed by atoms with Gasteiger partial charge in [0.05, 0.1) is 23.8 Å². The molecule has 2 aromatic carbocycles. The molecule has 0 N–H and O–H groups in total. The van der Waals surface area contributed by atoms with Gasteiger partial charge >= 0.3 is 0 Å². The Morgan fingerprint density at radius 2 is 1.85 bits per heavy atom. The maximum Gasteiger partial charge on any atom is 0.169 e. The normalized spacial score (nSPS) is 11.2. The highest BCUT2D eigenvalue weighted by atomic mass is 32.2. The first-order valence-electron chi connectivity index (χ1n) is 8.84. The highest BCUT2D eigenvalue weighted by molar-refractivity contribution is 7.98. The number of benzene rings is 2. The van der Waals surface area contributed by atoms with Gasteiger partial charge in [-0.3, -0.25) is 4.98 Å². The van der Waals surface area contributed by atoms with Crippen molar-refractivity contribution < 1.29 is 4.39 Å². The number of imidazole rings is 1. The fraction of sp³-hybridized carbons (Fsp3) is 0.182. The Hall–Kier alpha value is -2.66. The van der Waals surface area contributed by atoms with Crippen molar-refractivity contribution in [3.8, 4) is 0 Å². The second kappa shape index (κ2) is 7.53. The number of pyridine rings is 1. The molecule has 0 bridgehead atoms. The molecule has 2 heterocycles. The fourth-order valence-corrected chi connectivity index (χ4v) is 4.05. The lowest BCUT2D eigenvalue weighted by molar-refractivity contribution is 0.627. The van der Waals surface area contributed by atoms with E-state index in [1.807, 2.05) is 24.4 Å². The molecule has 136 valence electrons. The van der Waals surface area contributed by atoms with Gasteiger partial charge in [0.1, 0.15) is 5.82 Å². The number of fused-ring (bicyclic) bond motifs is 1. The maximum atomic E-state index is 13.1. The molecule has 4 aromatic rings. The van der Waals surface area contributed by atoms with Crippen LogP contribution in [0.2, 0.25) is 0 Å². The van der Waals surface area contributed by atoms with Crippen molar-refractivity contribution in [2.24, 2.45) is 0 Å². The summed E-state index contributed by atoms with van der Waals surface area (Å²) in [5.74, 6) is 0.529. The molecule has 0 fully saturated rings. The van der Waals surface area contributed by atoms with Gasteiger partial charge in [0.2, 0.25) is 0 Å². The Morgan fingerprint density at radius 3 is 2.67 bits per heavy atom. The molecule has 0 unspecified atom stereocenters. The first-order chi connectivity index (χ1) is 13.1. The predicted octanol–water partition coefficient (Wildman–Crippen LogP) is 5.53. The molecule has 27 heavy (non-hydrogen) atoms. The molecule has 0 spiro atoms. The number of aryl methyl sites for hydroxylation is 2. The van der Waals surface area contributed by atoms with E-state index in [0.29, 0.717) is 0 Å². The molecule has 4 rings (SSSR count). The van der Waals surface area contributed by atoms with E-state index < -0.39 is 0 Å². The fourth-order valence-electron chi connectivity index (χ4n) is 3.08. The first-order valence-corrected chi connectivity index (χ1v) is 9.82. The lowest BCUT2D eigenvalue weighted by Gasteiger charge is -2.12.